The smallest absolute Gasteiger partial charge is 0.407 e. The second kappa shape index (κ2) is 9.40. The number of carbonyl (C=O) groups excluding carboxylic acids is 1. The Morgan fingerprint density at radius 3 is 2.54 bits per heavy atom. The molecule has 0 saturated heterocycles. The molecule has 0 bridgehead atoms. The van der Waals surface area contributed by atoms with Crippen molar-refractivity contribution in [2.75, 3.05) is 18.5 Å². The minimum Gasteiger partial charge on any atom is -0.482 e. The highest BCUT2D eigenvalue weighted by molar-refractivity contribution is 5.97. The molecule has 3 aromatic rings. The average molecular weight is 481 g/mol. The third-order valence-electron chi connectivity index (χ3n) is 5.94. The molecule has 0 atom stereocenters. The van der Waals surface area contributed by atoms with Gasteiger partial charge in [-0.2, -0.15) is 5.10 Å². The van der Waals surface area contributed by atoms with Crippen LogP contribution >= 0.6 is 0 Å². The summed E-state index contributed by atoms with van der Waals surface area (Å²) in [6.45, 7) is 8.27. The molecular weight excluding hydrogens is 451 g/mol. The van der Waals surface area contributed by atoms with Crippen LogP contribution in [0.3, 0.4) is 0 Å². The molecule has 0 radical (unpaired) electrons. The number of fused-ring (bicyclic) bond motifs is 1. The fourth-order valence-electron chi connectivity index (χ4n) is 4.33. The van der Waals surface area contributed by atoms with Crippen LogP contribution in [0.25, 0.3) is 22.4 Å². The summed E-state index contributed by atoms with van der Waals surface area (Å²) < 4.78 is 21.0. The Morgan fingerprint density at radius 2 is 1.89 bits per heavy atom. The van der Waals surface area contributed by atoms with E-state index in [1.54, 1.807) is 12.1 Å². The van der Waals surface area contributed by atoms with Crippen molar-refractivity contribution in [2.24, 2.45) is 0 Å². The summed E-state index contributed by atoms with van der Waals surface area (Å²) in [5, 5.41) is 17.2. The molecule has 9 heteroatoms. The number of ether oxygens (including phenoxy) is 1. The van der Waals surface area contributed by atoms with Gasteiger partial charge in [0.2, 0.25) is 0 Å². The zero-order valence-electron chi connectivity index (χ0n) is 20.3. The highest BCUT2D eigenvalue weighted by atomic mass is 19.1. The van der Waals surface area contributed by atoms with Gasteiger partial charge in [0.1, 0.15) is 11.6 Å². The van der Waals surface area contributed by atoms with Gasteiger partial charge in [-0.1, -0.05) is 6.07 Å². The predicted molar refractivity (Wildman–Crippen MR) is 131 cm³/mol. The van der Waals surface area contributed by atoms with Gasteiger partial charge >= 0.3 is 6.09 Å². The highest BCUT2D eigenvalue weighted by Gasteiger charge is 2.26. The summed E-state index contributed by atoms with van der Waals surface area (Å²) in [5.41, 5.74) is 4.09. The molecule has 4 rings (SSSR count). The molecule has 1 aliphatic heterocycles. The lowest BCUT2D eigenvalue weighted by Crippen LogP contribution is -2.45. The highest BCUT2D eigenvalue weighted by Crippen LogP contribution is 2.39. The molecule has 8 nitrogen and oxygen atoms in total. The monoisotopic (exact) mass is 480 g/mol. The maximum absolute atomic E-state index is 13.7. The standard InChI is InChI=1S/C26H29FN4O4/c1-16-23(18-8-11-21-20(14-18)28-22(32)15-35-21)24(17-6-9-19(27)10-7-17)31(29-16)13-5-12-30(25(33)34)26(2,3)4/h6-11,14H,5,12-13,15H2,1-4H3,(H,28,32)(H,33,34). The first-order valence-electron chi connectivity index (χ1n) is 11.5. The lowest BCUT2D eigenvalue weighted by atomic mass is 9.98. The van der Waals surface area contributed by atoms with Crippen molar-refractivity contribution >= 4 is 17.7 Å². The summed E-state index contributed by atoms with van der Waals surface area (Å²) >= 11 is 0. The Balaban J connectivity index is 1.73. The molecule has 2 N–H and O–H groups in total. The average Bonchev–Trinajstić information content (AvgIpc) is 3.11. The van der Waals surface area contributed by atoms with E-state index >= 15 is 0 Å². The Kier molecular flexibility index (Phi) is 6.51. The number of carbonyl (C=O) groups is 2. The SMILES string of the molecule is Cc1nn(CCCN(C(=O)O)C(C)(C)C)c(-c2ccc(F)cc2)c1-c1ccc2c(c1)NC(=O)CO2. The summed E-state index contributed by atoms with van der Waals surface area (Å²) in [6.07, 6.45) is -0.418. The molecule has 2 amide bonds. The minimum absolute atomic E-state index is 0.0218. The topological polar surface area (TPSA) is 96.7 Å². The molecule has 1 aliphatic rings. The van der Waals surface area contributed by atoms with E-state index in [-0.39, 0.29) is 18.3 Å². The van der Waals surface area contributed by atoms with Gasteiger partial charge in [0, 0.05) is 29.8 Å². The van der Waals surface area contributed by atoms with Crippen LogP contribution in [0.15, 0.2) is 42.5 Å². The van der Waals surface area contributed by atoms with E-state index in [4.69, 9.17) is 9.84 Å². The van der Waals surface area contributed by atoms with E-state index in [1.165, 1.54) is 17.0 Å². The van der Waals surface area contributed by atoms with Crippen molar-refractivity contribution in [3.05, 3.63) is 54.0 Å². The van der Waals surface area contributed by atoms with E-state index in [2.05, 4.69) is 5.32 Å². The Morgan fingerprint density at radius 1 is 1.20 bits per heavy atom. The molecule has 0 spiro atoms. The molecule has 2 heterocycles. The first-order chi connectivity index (χ1) is 16.5. The van der Waals surface area contributed by atoms with Crippen LogP contribution in [0.4, 0.5) is 14.9 Å². The van der Waals surface area contributed by atoms with Crippen molar-refractivity contribution in [1.82, 2.24) is 14.7 Å². The van der Waals surface area contributed by atoms with E-state index in [0.29, 0.717) is 30.9 Å². The summed E-state index contributed by atoms with van der Waals surface area (Å²) in [5.74, 6) is 0.0364. The summed E-state index contributed by atoms with van der Waals surface area (Å²) in [7, 11) is 0. The molecule has 35 heavy (non-hydrogen) atoms. The third kappa shape index (κ3) is 5.13. The number of benzene rings is 2. The van der Waals surface area contributed by atoms with Gasteiger partial charge in [0.05, 0.1) is 17.1 Å². The second-order valence-corrected chi connectivity index (χ2v) is 9.55. The predicted octanol–water partition coefficient (Wildman–Crippen LogP) is 5.16. The quantitative estimate of drug-likeness (QED) is 0.508. The molecule has 2 aromatic carbocycles. The van der Waals surface area contributed by atoms with E-state index < -0.39 is 11.6 Å². The van der Waals surface area contributed by atoms with Crippen LogP contribution in [-0.4, -0.2) is 50.5 Å². The number of nitrogens with zero attached hydrogens (tertiary/aromatic N) is 3. The Labute approximate surface area is 203 Å². The van der Waals surface area contributed by atoms with Gasteiger partial charge in [0.25, 0.3) is 5.91 Å². The van der Waals surface area contributed by atoms with E-state index in [9.17, 15) is 19.1 Å². The number of hydrogen-bond acceptors (Lipinski definition) is 4. The first kappa shape index (κ1) is 24.3. The number of aromatic nitrogens is 2. The van der Waals surface area contributed by atoms with Gasteiger partial charge in [-0.25, -0.2) is 9.18 Å². The fourth-order valence-corrected chi connectivity index (χ4v) is 4.33. The molecular formula is C26H29FN4O4. The van der Waals surface area contributed by atoms with Gasteiger partial charge in [-0.05, 0) is 76.1 Å². The van der Waals surface area contributed by atoms with Crippen molar-refractivity contribution in [3.63, 3.8) is 0 Å². The van der Waals surface area contributed by atoms with Gasteiger partial charge in [-0.15, -0.1) is 0 Å². The molecule has 1 aromatic heterocycles. The zero-order chi connectivity index (χ0) is 25.3. The number of halogens is 1. The number of carboxylic acid groups (broad SMARTS) is 1. The van der Waals surface area contributed by atoms with Crippen LogP contribution in [0.1, 0.15) is 32.9 Å². The number of rotatable bonds is 6. The van der Waals surface area contributed by atoms with Crippen LogP contribution in [0.5, 0.6) is 5.75 Å². The van der Waals surface area contributed by atoms with Crippen molar-refractivity contribution in [1.29, 1.82) is 0 Å². The number of aryl methyl sites for hydroxylation is 2. The van der Waals surface area contributed by atoms with Crippen LogP contribution in [0.2, 0.25) is 0 Å². The maximum Gasteiger partial charge on any atom is 0.407 e. The first-order valence-corrected chi connectivity index (χ1v) is 11.5. The second-order valence-electron chi connectivity index (χ2n) is 9.55. The third-order valence-corrected chi connectivity index (χ3v) is 5.94. The number of hydrogen-bond donors (Lipinski definition) is 2. The molecule has 0 fully saturated rings. The minimum atomic E-state index is -0.966. The number of anilines is 1. The maximum atomic E-state index is 13.7. The lowest BCUT2D eigenvalue weighted by molar-refractivity contribution is -0.118. The largest absolute Gasteiger partial charge is 0.482 e. The van der Waals surface area contributed by atoms with E-state index in [1.807, 2.05) is 50.6 Å². The fraction of sp³-hybridized carbons (Fsp3) is 0.346. The molecule has 184 valence electrons. The number of amides is 2. The lowest BCUT2D eigenvalue weighted by Gasteiger charge is -2.33. The van der Waals surface area contributed by atoms with Crippen molar-refractivity contribution < 1.29 is 23.8 Å². The van der Waals surface area contributed by atoms with Gasteiger partial charge in [-0.3, -0.25) is 9.48 Å². The Bertz CT molecular complexity index is 1260. The van der Waals surface area contributed by atoms with Crippen LogP contribution < -0.4 is 10.1 Å². The summed E-state index contributed by atoms with van der Waals surface area (Å²) in [4.78, 5) is 25.0. The van der Waals surface area contributed by atoms with E-state index in [0.717, 1.165) is 28.1 Å². The van der Waals surface area contributed by atoms with Crippen molar-refractivity contribution in [2.45, 2.75) is 46.2 Å². The zero-order valence-corrected chi connectivity index (χ0v) is 20.3. The number of nitrogens with one attached hydrogen (secondary N) is 1. The normalized spacial score (nSPS) is 13.1. The van der Waals surface area contributed by atoms with Crippen molar-refractivity contribution in [3.8, 4) is 28.1 Å². The van der Waals surface area contributed by atoms with Crippen LogP contribution in [-0.2, 0) is 11.3 Å². The van der Waals surface area contributed by atoms with Crippen LogP contribution in [0, 0.1) is 12.7 Å². The summed E-state index contributed by atoms with van der Waals surface area (Å²) in [6, 6.07) is 11.8. The molecule has 0 aliphatic carbocycles. The van der Waals surface area contributed by atoms with Gasteiger partial charge in [0.15, 0.2) is 6.61 Å². The molecule has 0 saturated carbocycles. The van der Waals surface area contributed by atoms with Gasteiger partial charge < -0.3 is 20.1 Å². The Hall–Kier alpha value is -3.88. The molecule has 0 unspecified atom stereocenters.